The molecule has 0 N–H and O–H groups in total. The maximum absolute atomic E-state index is 13.4. The van der Waals surface area contributed by atoms with Gasteiger partial charge in [-0.2, -0.15) is 14.6 Å². The molecule has 0 radical (unpaired) electrons. The van der Waals surface area contributed by atoms with Gasteiger partial charge in [-0.1, -0.05) is 77.6 Å². The molecule has 4 aromatic heterocycles. The number of benzene rings is 3. The van der Waals surface area contributed by atoms with Crippen molar-refractivity contribution in [1.82, 2.24) is 24.4 Å². The molecule has 0 bridgehead atoms. The van der Waals surface area contributed by atoms with Gasteiger partial charge in [0.2, 0.25) is 10.8 Å². The zero-order valence-corrected chi connectivity index (χ0v) is 21.4. The van der Waals surface area contributed by atoms with E-state index in [1.807, 2.05) is 90.6 Å². The van der Waals surface area contributed by atoms with Crippen molar-refractivity contribution < 1.29 is 4.42 Å². The number of hydrogen-bond donors (Lipinski definition) is 0. The van der Waals surface area contributed by atoms with Crippen LogP contribution < -0.4 is 10.1 Å². The van der Waals surface area contributed by atoms with Crippen molar-refractivity contribution in [2.24, 2.45) is 0 Å². The second kappa shape index (κ2) is 8.64. The smallest absolute Gasteiger partial charge is 0.291 e. The molecule has 0 saturated heterocycles. The lowest BCUT2D eigenvalue weighted by Crippen LogP contribution is -2.23. The number of fused-ring (bicyclic) bond motifs is 2. The number of aryl methyl sites for hydroxylation is 2. The number of nitrogens with zero attached hydrogens (tertiary/aromatic N) is 5. The molecule has 0 saturated carbocycles. The zero-order chi connectivity index (χ0) is 25.8. The van der Waals surface area contributed by atoms with Crippen molar-refractivity contribution in [3.05, 3.63) is 117 Å². The van der Waals surface area contributed by atoms with E-state index in [1.165, 1.54) is 21.4 Å². The molecular weight excluding hydrogens is 494 g/mol. The van der Waals surface area contributed by atoms with Crippen LogP contribution in [0.5, 0.6) is 0 Å². The Bertz CT molecular complexity index is 2060. The van der Waals surface area contributed by atoms with Crippen LogP contribution in [0.3, 0.4) is 0 Å². The third kappa shape index (κ3) is 3.65. The molecule has 8 heteroatoms. The summed E-state index contributed by atoms with van der Waals surface area (Å²) in [4.78, 5) is 18.5. The van der Waals surface area contributed by atoms with Crippen LogP contribution in [0.2, 0.25) is 0 Å². The highest BCUT2D eigenvalue weighted by atomic mass is 32.1. The number of hydrogen-bond acceptors (Lipinski definition) is 6. The average Bonchev–Trinajstić information content (AvgIpc) is 3.69. The van der Waals surface area contributed by atoms with Crippen molar-refractivity contribution in [3.8, 4) is 28.5 Å². The molecule has 38 heavy (non-hydrogen) atoms. The highest BCUT2D eigenvalue weighted by Crippen LogP contribution is 2.31. The van der Waals surface area contributed by atoms with E-state index in [0.717, 1.165) is 39.0 Å². The fraction of sp³-hybridized carbons (Fsp3) is 0.0667. The van der Waals surface area contributed by atoms with E-state index < -0.39 is 0 Å². The Morgan fingerprint density at radius 2 is 1.66 bits per heavy atom. The second-order valence-corrected chi connectivity index (χ2v) is 10.2. The lowest BCUT2D eigenvalue weighted by molar-refractivity contribution is 0.622. The van der Waals surface area contributed by atoms with Gasteiger partial charge in [-0.15, -0.1) is 5.10 Å². The van der Waals surface area contributed by atoms with Gasteiger partial charge in [-0.3, -0.25) is 4.79 Å². The minimum Gasteiger partial charge on any atom is -0.452 e. The van der Waals surface area contributed by atoms with Gasteiger partial charge in [-0.05, 0) is 38.1 Å². The first kappa shape index (κ1) is 22.4. The minimum absolute atomic E-state index is 0.222. The van der Waals surface area contributed by atoms with E-state index in [2.05, 4.69) is 29.1 Å². The molecule has 7 nitrogen and oxygen atoms in total. The zero-order valence-electron chi connectivity index (χ0n) is 20.6. The van der Waals surface area contributed by atoms with Crippen LogP contribution in [-0.2, 0) is 0 Å². The molecule has 0 spiro atoms. The Labute approximate surface area is 220 Å². The van der Waals surface area contributed by atoms with E-state index in [0.29, 0.717) is 21.1 Å². The summed E-state index contributed by atoms with van der Waals surface area (Å²) in [7, 11) is 0. The average molecular weight is 516 g/mol. The number of rotatable bonds is 4. The second-order valence-electron chi connectivity index (χ2n) is 9.18. The Kier molecular flexibility index (Phi) is 5.09. The maximum Gasteiger partial charge on any atom is 0.291 e. The highest BCUT2D eigenvalue weighted by Gasteiger charge is 2.19. The quantitative estimate of drug-likeness (QED) is 0.306. The Morgan fingerprint density at radius 1 is 0.895 bits per heavy atom. The first-order valence-electron chi connectivity index (χ1n) is 12.2. The topological polar surface area (TPSA) is 78.2 Å². The van der Waals surface area contributed by atoms with E-state index >= 15 is 0 Å². The van der Waals surface area contributed by atoms with Gasteiger partial charge in [0.25, 0.3) is 5.56 Å². The predicted octanol–water partition coefficient (Wildman–Crippen LogP) is 5.58. The van der Waals surface area contributed by atoms with Gasteiger partial charge < -0.3 is 4.42 Å². The SMILES string of the molecule is Cc1ccc(-c2nn(-c3ccccc3)cc2/C=c2\sc3nc(-c4oc5ccccc5c4C)nn3c2=O)cc1. The van der Waals surface area contributed by atoms with Crippen molar-refractivity contribution >= 4 is 33.3 Å². The number of furan rings is 1. The normalized spacial score (nSPS) is 12.2. The Morgan fingerprint density at radius 3 is 2.42 bits per heavy atom. The molecule has 0 atom stereocenters. The number of para-hydroxylation sites is 2. The fourth-order valence-corrected chi connectivity index (χ4v) is 5.50. The summed E-state index contributed by atoms with van der Waals surface area (Å²) in [6.07, 6.45) is 3.82. The largest absolute Gasteiger partial charge is 0.452 e. The van der Waals surface area contributed by atoms with Gasteiger partial charge in [0, 0.05) is 28.3 Å². The Balaban J connectivity index is 1.36. The van der Waals surface area contributed by atoms with Crippen LogP contribution in [0.1, 0.15) is 16.7 Å². The predicted molar refractivity (Wildman–Crippen MR) is 150 cm³/mol. The van der Waals surface area contributed by atoms with Crippen LogP contribution in [0, 0.1) is 13.8 Å². The van der Waals surface area contributed by atoms with Gasteiger partial charge in [0.1, 0.15) is 5.58 Å². The minimum atomic E-state index is -0.222. The summed E-state index contributed by atoms with van der Waals surface area (Å²) >= 11 is 1.30. The molecule has 0 unspecified atom stereocenters. The van der Waals surface area contributed by atoms with Crippen LogP contribution in [0.4, 0.5) is 0 Å². The molecule has 0 aliphatic rings. The van der Waals surface area contributed by atoms with Crippen LogP contribution in [0.25, 0.3) is 50.5 Å². The summed E-state index contributed by atoms with van der Waals surface area (Å²) in [5.41, 5.74) is 6.23. The van der Waals surface area contributed by atoms with Gasteiger partial charge in [-0.25, -0.2) is 4.68 Å². The third-order valence-corrected chi connectivity index (χ3v) is 7.56. The number of thiazole rings is 1. The molecular formula is C30H21N5O2S. The van der Waals surface area contributed by atoms with Crippen molar-refractivity contribution in [1.29, 1.82) is 0 Å². The summed E-state index contributed by atoms with van der Waals surface area (Å²) < 4.78 is 9.74. The molecule has 0 aliphatic carbocycles. The lowest BCUT2D eigenvalue weighted by Gasteiger charge is -2.01. The van der Waals surface area contributed by atoms with E-state index in [-0.39, 0.29) is 5.56 Å². The van der Waals surface area contributed by atoms with Gasteiger partial charge in [0.05, 0.1) is 15.9 Å². The summed E-state index contributed by atoms with van der Waals surface area (Å²) in [5, 5.41) is 10.4. The molecule has 0 amide bonds. The summed E-state index contributed by atoms with van der Waals surface area (Å²) in [6, 6.07) is 26.0. The van der Waals surface area contributed by atoms with Crippen LogP contribution in [0.15, 0.2) is 94.3 Å². The first-order chi connectivity index (χ1) is 18.5. The fourth-order valence-electron chi connectivity index (χ4n) is 4.60. The summed E-state index contributed by atoms with van der Waals surface area (Å²) in [5.74, 6) is 0.990. The van der Waals surface area contributed by atoms with E-state index in [1.54, 1.807) is 0 Å². The molecule has 4 heterocycles. The van der Waals surface area contributed by atoms with Crippen molar-refractivity contribution in [2.45, 2.75) is 13.8 Å². The van der Waals surface area contributed by atoms with Crippen LogP contribution >= 0.6 is 11.3 Å². The third-order valence-electron chi connectivity index (χ3n) is 6.60. The monoisotopic (exact) mass is 515 g/mol. The summed E-state index contributed by atoms with van der Waals surface area (Å²) in [6.45, 7) is 4.03. The first-order valence-corrected chi connectivity index (χ1v) is 13.0. The van der Waals surface area contributed by atoms with E-state index in [4.69, 9.17) is 9.52 Å². The maximum atomic E-state index is 13.4. The molecule has 7 rings (SSSR count). The van der Waals surface area contributed by atoms with Crippen molar-refractivity contribution in [3.63, 3.8) is 0 Å². The lowest BCUT2D eigenvalue weighted by atomic mass is 10.1. The molecule has 184 valence electrons. The van der Waals surface area contributed by atoms with E-state index in [9.17, 15) is 4.79 Å². The molecule has 0 aliphatic heterocycles. The molecule has 3 aromatic carbocycles. The van der Waals surface area contributed by atoms with Gasteiger partial charge in [0.15, 0.2) is 5.76 Å². The highest BCUT2D eigenvalue weighted by molar-refractivity contribution is 7.15. The molecule has 7 aromatic rings. The Hall–Kier alpha value is -4.82. The number of aromatic nitrogens is 5. The van der Waals surface area contributed by atoms with Crippen LogP contribution in [-0.4, -0.2) is 24.4 Å². The molecule has 0 fully saturated rings. The standard InChI is InChI=1S/C30H21N5O2S/c1-18-12-14-20(15-13-18)26-21(17-34(32-26)22-8-4-3-5-9-22)16-25-29(36)35-30(38-25)31-28(33-35)27-19(2)23-10-6-7-11-24(23)37-27/h3-17H,1-2H3/b25-16-. The van der Waals surface area contributed by atoms with Crippen molar-refractivity contribution in [2.75, 3.05) is 0 Å². The van der Waals surface area contributed by atoms with Gasteiger partial charge >= 0.3 is 0 Å².